The van der Waals surface area contributed by atoms with E-state index in [4.69, 9.17) is 16.3 Å². The molecule has 2 aromatic rings. The maximum atomic E-state index is 12.8. The molecule has 5 nitrogen and oxygen atoms in total. The van der Waals surface area contributed by atoms with Gasteiger partial charge in [0.2, 0.25) is 0 Å². The molecule has 2 aliphatic heterocycles. The van der Waals surface area contributed by atoms with E-state index in [0.717, 1.165) is 56.2 Å². The number of urea groups is 1. The van der Waals surface area contributed by atoms with E-state index in [1.807, 2.05) is 61.0 Å². The number of carbonyl (C=O) groups is 1. The summed E-state index contributed by atoms with van der Waals surface area (Å²) in [7, 11) is 1.94. The Kier molecular flexibility index (Phi) is 7.82. The zero-order chi connectivity index (χ0) is 23.4. The summed E-state index contributed by atoms with van der Waals surface area (Å²) >= 11 is 6.49. The molecular formula is C27H36ClN3O2. The third-order valence-electron chi connectivity index (χ3n) is 6.84. The Balaban J connectivity index is 1.27. The lowest BCUT2D eigenvalue weighted by Crippen LogP contribution is -2.44. The van der Waals surface area contributed by atoms with Gasteiger partial charge in [-0.05, 0) is 81.4 Å². The van der Waals surface area contributed by atoms with Crippen molar-refractivity contribution >= 4 is 17.6 Å². The third kappa shape index (κ3) is 6.21. The summed E-state index contributed by atoms with van der Waals surface area (Å²) in [6.45, 7) is 8.65. The van der Waals surface area contributed by atoms with Gasteiger partial charge >= 0.3 is 6.03 Å². The van der Waals surface area contributed by atoms with Gasteiger partial charge in [0, 0.05) is 31.7 Å². The molecule has 0 bridgehead atoms. The Morgan fingerprint density at radius 2 is 1.82 bits per heavy atom. The Labute approximate surface area is 203 Å². The SMILES string of the molecule is CC(C)Oc1ccc(Cl)c(CC2CCN(CC3CN(Cc4ccccc4)C(=O)N3C)CC2)c1. The highest BCUT2D eigenvalue weighted by molar-refractivity contribution is 6.31. The van der Waals surface area contributed by atoms with Crippen molar-refractivity contribution in [1.29, 1.82) is 0 Å². The molecule has 6 heteroatoms. The highest BCUT2D eigenvalue weighted by Gasteiger charge is 2.36. The van der Waals surface area contributed by atoms with E-state index in [1.54, 1.807) is 0 Å². The number of piperidine rings is 1. The van der Waals surface area contributed by atoms with Crippen LogP contribution in [0.1, 0.15) is 37.8 Å². The number of carbonyl (C=O) groups excluding carboxylic acids is 1. The first-order valence-electron chi connectivity index (χ1n) is 12.1. The molecule has 2 fully saturated rings. The molecule has 2 aromatic carbocycles. The van der Waals surface area contributed by atoms with Crippen LogP contribution in [0.4, 0.5) is 4.79 Å². The maximum absolute atomic E-state index is 12.8. The van der Waals surface area contributed by atoms with Crippen LogP contribution in [-0.4, -0.2) is 66.1 Å². The summed E-state index contributed by atoms with van der Waals surface area (Å²) in [5.74, 6) is 1.53. The van der Waals surface area contributed by atoms with Crippen LogP contribution in [0.3, 0.4) is 0 Å². The van der Waals surface area contributed by atoms with Gasteiger partial charge in [-0.3, -0.25) is 0 Å². The van der Waals surface area contributed by atoms with E-state index in [0.29, 0.717) is 12.5 Å². The Morgan fingerprint density at radius 1 is 1.09 bits per heavy atom. The zero-order valence-corrected chi connectivity index (χ0v) is 20.8. The predicted octanol–water partition coefficient (Wildman–Crippen LogP) is 5.32. The topological polar surface area (TPSA) is 36.0 Å². The van der Waals surface area contributed by atoms with Crippen molar-refractivity contribution in [3.63, 3.8) is 0 Å². The van der Waals surface area contributed by atoms with Gasteiger partial charge in [-0.1, -0.05) is 41.9 Å². The smallest absolute Gasteiger partial charge is 0.320 e. The summed E-state index contributed by atoms with van der Waals surface area (Å²) in [5, 5.41) is 0.832. The number of likely N-dealkylation sites (tertiary alicyclic amines) is 1. The molecule has 0 saturated carbocycles. The van der Waals surface area contributed by atoms with E-state index < -0.39 is 0 Å². The van der Waals surface area contributed by atoms with Crippen molar-refractivity contribution in [3.05, 3.63) is 64.7 Å². The number of halogens is 1. The summed E-state index contributed by atoms with van der Waals surface area (Å²) in [6.07, 6.45) is 3.47. The molecule has 2 heterocycles. The lowest BCUT2D eigenvalue weighted by molar-refractivity contribution is 0.149. The summed E-state index contributed by atoms with van der Waals surface area (Å²) < 4.78 is 5.85. The number of rotatable bonds is 8. The summed E-state index contributed by atoms with van der Waals surface area (Å²) in [5.41, 5.74) is 2.37. The van der Waals surface area contributed by atoms with Crippen LogP contribution in [0.5, 0.6) is 5.75 Å². The van der Waals surface area contributed by atoms with Gasteiger partial charge in [-0.15, -0.1) is 0 Å². The Bertz CT molecular complexity index is 928. The fourth-order valence-electron chi connectivity index (χ4n) is 4.99. The van der Waals surface area contributed by atoms with Gasteiger partial charge in [0.25, 0.3) is 0 Å². The molecule has 178 valence electrons. The fourth-order valence-corrected chi connectivity index (χ4v) is 5.18. The van der Waals surface area contributed by atoms with Crippen LogP contribution >= 0.6 is 11.6 Å². The second-order valence-electron chi connectivity index (χ2n) is 9.78. The summed E-state index contributed by atoms with van der Waals surface area (Å²) in [6, 6.07) is 16.6. The molecule has 2 amide bonds. The van der Waals surface area contributed by atoms with E-state index >= 15 is 0 Å². The predicted molar refractivity (Wildman–Crippen MR) is 134 cm³/mol. The minimum atomic E-state index is 0.136. The number of ether oxygens (including phenoxy) is 1. The molecule has 0 N–H and O–H groups in total. The second-order valence-corrected chi connectivity index (χ2v) is 10.2. The average Bonchev–Trinajstić information content (AvgIpc) is 3.05. The van der Waals surface area contributed by atoms with Gasteiger partial charge in [-0.2, -0.15) is 0 Å². The fraction of sp³-hybridized carbons (Fsp3) is 0.519. The molecule has 0 aliphatic carbocycles. The van der Waals surface area contributed by atoms with Gasteiger partial charge in [-0.25, -0.2) is 4.79 Å². The first kappa shape index (κ1) is 23.9. The normalized spacial score (nSPS) is 20.2. The van der Waals surface area contributed by atoms with Gasteiger partial charge in [0.15, 0.2) is 0 Å². The lowest BCUT2D eigenvalue weighted by atomic mass is 9.90. The number of hydrogen-bond donors (Lipinski definition) is 0. The highest BCUT2D eigenvalue weighted by Crippen LogP contribution is 2.29. The molecule has 2 saturated heterocycles. The summed E-state index contributed by atoms with van der Waals surface area (Å²) in [4.78, 5) is 19.2. The van der Waals surface area contributed by atoms with E-state index in [2.05, 4.69) is 23.1 Å². The van der Waals surface area contributed by atoms with Crippen LogP contribution < -0.4 is 4.74 Å². The molecule has 0 aromatic heterocycles. The third-order valence-corrected chi connectivity index (χ3v) is 7.21. The van der Waals surface area contributed by atoms with Crippen molar-refractivity contribution in [3.8, 4) is 5.75 Å². The number of likely N-dealkylation sites (N-methyl/N-ethyl adjacent to an activating group) is 1. The van der Waals surface area contributed by atoms with Crippen LogP contribution in [0.25, 0.3) is 0 Å². The Morgan fingerprint density at radius 3 is 2.52 bits per heavy atom. The molecule has 1 atom stereocenters. The lowest BCUT2D eigenvalue weighted by Gasteiger charge is -2.34. The number of benzene rings is 2. The molecule has 0 spiro atoms. The molecule has 4 rings (SSSR count). The van der Waals surface area contributed by atoms with Crippen molar-refractivity contribution in [2.75, 3.05) is 33.2 Å². The number of nitrogens with zero attached hydrogens (tertiary/aromatic N) is 3. The van der Waals surface area contributed by atoms with Gasteiger partial charge in [0.1, 0.15) is 5.75 Å². The number of hydrogen-bond acceptors (Lipinski definition) is 3. The van der Waals surface area contributed by atoms with Crippen molar-refractivity contribution in [2.45, 2.75) is 51.8 Å². The molecular weight excluding hydrogens is 434 g/mol. The van der Waals surface area contributed by atoms with Gasteiger partial charge < -0.3 is 19.4 Å². The highest BCUT2D eigenvalue weighted by atomic mass is 35.5. The van der Waals surface area contributed by atoms with Crippen molar-refractivity contribution < 1.29 is 9.53 Å². The van der Waals surface area contributed by atoms with E-state index in [1.165, 1.54) is 11.1 Å². The Hall–Kier alpha value is -2.24. The van der Waals surface area contributed by atoms with E-state index in [9.17, 15) is 4.79 Å². The standard InChI is InChI=1S/C27H36ClN3O2/c1-20(2)33-25-9-10-26(28)23(16-25)15-21-11-13-30(14-12-21)18-24-19-31(27(32)29(24)3)17-22-7-5-4-6-8-22/h4-10,16,20-21,24H,11-15,17-19H2,1-3H3. The molecule has 2 aliphatic rings. The largest absolute Gasteiger partial charge is 0.491 e. The number of amides is 2. The zero-order valence-electron chi connectivity index (χ0n) is 20.0. The van der Waals surface area contributed by atoms with Crippen molar-refractivity contribution in [1.82, 2.24) is 14.7 Å². The molecule has 1 unspecified atom stereocenters. The van der Waals surface area contributed by atoms with Crippen LogP contribution in [-0.2, 0) is 13.0 Å². The van der Waals surface area contributed by atoms with Crippen molar-refractivity contribution in [2.24, 2.45) is 5.92 Å². The van der Waals surface area contributed by atoms with Crippen LogP contribution in [0, 0.1) is 5.92 Å². The quantitative estimate of drug-likeness (QED) is 0.525. The van der Waals surface area contributed by atoms with E-state index in [-0.39, 0.29) is 18.2 Å². The second kappa shape index (κ2) is 10.8. The minimum absolute atomic E-state index is 0.136. The average molecular weight is 470 g/mol. The maximum Gasteiger partial charge on any atom is 0.320 e. The molecule has 33 heavy (non-hydrogen) atoms. The van der Waals surface area contributed by atoms with Crippen LogP contribution in [0.2, 0.25) is 5.02 Å². The minimum Gasteiger partial charge on any atom is -0.491 e. The van der Waals surface area contributed by atoms with Crippen LogP contribution in [0.15, 0.2) is 48.5 Å². The molecule has 0 radical (unpaired) electrons. The monoisotopic (exact) mass is 469 g/mol. The van der Waals surface area contributed by atoms with Gasteiger partial charge in [0.05, 0.1) is 12.1 Å². The first-order chi connectivity index (χ1) is 15.9. The first-order valence-corrected chi connectivity index (χ1v) is 12.5.